The number of nitrogens with one attached hydrogen (secondary N) is 1. The van der Waals surface area contributed by atoms with Crippen molar-refractivity contribution in [2.24, 2.45) is 0 Å². The molecule has 1 aromatic carbocycles. The predicted molar refractivity (Wildman–Crippen MR) is 72.5 cm³/mol. The van der Waals surface area contributed by atoms with E-state index in [0.717, 1.165) is 31.5 Å². The van der Waals surface area contributed by atoms with Crippen molar-refractivity contribution in [2.75, 3.05) is 20.2 Å². The van der Waals surface area contributed by atoms with Gasteiger partial charge in [-0.1, -0.05) is 23.8 Å². The largest absolute Gasteiger partial charge is 0.465 e. The van der Waals surface area contributed by atoms with Crippen molar-refractivity contribution < 1.29 is 9.53 Å². The summed E-state index contributed by atoms with van der Waals surface area (Å²) < 4.78 is 4.68. The highest BCUT2D eigenvalue weighted by Crippen LogP contribution is 2.17. The van der Waals surface area contributed by atoms with Crippen molar-refractivity contribution >= 4 is 12.0 Å². The second kappa shape index (κ2) is 6.36. The zero-order valence-corrected chi connectivity index (χ0v) is 10.7. The minimum Gasteiger partial charge on any atom is -0.465 e. The Morgan fingerprint density at radius 2 is 2.00 bits per heavy atom. The summed E-state index contributed by atoms with van der Waals surface area (Å²) in [4.78, 5) is 11.3. The van der Waals surface area contributed by atoms with Crippen LogP contribution in [0.5, 0.6) is 0 Å². The first kappa shape index (κ1) is 12.8. The molecule has 0 aliphatic carbocycles. The highest BCUT2D eigenvalue weighted by atomic mass is 16.5. The van der Waals surface area contributed by atoms with E-state index in [9.17, 15) is 4.79 Å². The number of esters is 1. The summed E-state index contributed by atoms with van der Waals surface area (Å²) in [5, 5.41) is 3.39. The lowest BCUT2D eigenvalue weighted by molar-refractivity contribution is 0.0601. The van der Waals surface area contributed by atoms with E-state index < -0.39 is 0 Å². The van der Waals surface area contributed by atoms with Gasteiger partial charge in [-0.2, -0.15) is 0 Å². The second-order valence-corrected chi connectivity index (χ2v) is 4.52. The van der Waals surface area contributed by atoms with Crippen LogP contribution in [0.1, 0.15) is 35.2 Å². The highest BCUT2D eigenvalue weighted by Gasteiger charge is 2.05. The molecule has 18 heavy (non-hydrogen) atoms. The Labute approximate surface area is 108 Å². The molecule has 0 unspecified atom stereocenters. The Balaban J connectivity index is 2.09. The number of carbonyl (C=O) groups is 1. The molecule has 1 saturated heterocycles. The first-order valence-electron chi connectivity index (χ1n) is 6.38. The Bertz CT molecular complexity index is 424. The Morgan fingerprint density at radius 3 is 2.72 bits per heavy atom. The zero-order chi connectivity index (χ0) is 12.8. The molecule has 0 radical (unpaired) electrons. The van der Waals surface area contributed by atoms with Gasteiger partial charge >= 0.3 is 5.97 Å². The average Bonchev–Trinajstić information content (AvgIpc) is 2.67. The molecule has 2 rings (SSSR count). The van der Waals surface area contributed by atoms with Crippen LogP contribution in [0.4, 0.5) is 0 Å². The van der Waals surface area contributed by atoms with Crippen LogP contribution in [-0.4, -0.2) is 26.2 Å². The Hall–Kier alpha value is -1.61. The van der Waals surface area contributed by atoms with Gasteiger partial charge in [0.05, 0.1) is 12.7 Å². The first-order valence-corrected chi connectivity index (χ1v) is 6.38. The molecular weight excluding hydrogens is 226 g/mol. The van der Waals surface area contributed by atoms with Crippen LogP contribution < -0.4 is 5.32 Å². The quantitative estimate of drug-likeness (QED) is 0.814. The van der Waals surface area contributed by atoms with E-state index in [0.29, 0.717) is 5.56 Å². The van der Waals surface area contributed by atoms with E-state index in [2.05, 4.69) is 16.1 Å². The summed E-state index contributed by atoms with van der Waals surface area (Å²) in [5.41, 5.74) is 3.23. The molecule has 0 spiro atoms. The van der Waals surface area contributed by atoms with Crippen LogP contribution in [0.3, 0.4) is 0 Å². The number of hydrogen-bond donors (Lipinski definition) is 1. The number of hydrogen-bond acceptors (Lipinski definition) is 3. The summed E-state index contributed by atoms with van der Waals surface area (Å²) in [6.45, 7) is 2.17. The third-order valence-corrected chi connectivity index (χ3v) is 3.18. The van der Waals surface area contributed by atoms with Gasteiger partial charge in [-0.15, -0.1) is 0 Å². The normalized spacial score (nSPS) is 18.4. The average molecular weight is 245 g/mol. The first-order chi connectivity index (χ1) is 8.79. The molecule has 0 saturated carbocycles. The molecule has 1 aromatic rings. The molecular formula is C15H19NO2. The molecule has 1 heterocycles. The van der Waals surface area contributed by atoms with Crippen LogP contribution in [0.15, 0.2) is 29.8 Å². The number of benzene rings is 1. The summed E-state index contributed by atoms with van der Waals surface area (Å²) in [5.74, 6) is -0.284. The topological polar surface area (TPSA) is 38.3 Å². The molecule has 0 aromatic heterocycles. The van der Waals surface area contributed by atoms with Crippen molar-refractivity contribution in [1.29, 1.82) is 0 Å². The van der Waals surface area contributed by atoms with Gasteiger partial charge in [0, 0.05) is 0 Å². The molecule has 1 N–H and O–H groups in total. The highest BCUT2D eigenvalue weighted by molar-refractivity contribution is 5.89. The van der Waals surface area contributed by atoms with Crippen LogP contribution >= 0.6 is 0 Å². The fraction of sp³-hybridized carbons (Fsp3) is 0.400. The van der Waals surface area contributed by atoms with Crippen LogP contribution in [0.25, 0.3) is 6.08 Å². The van der Waals surface area contributed by atoms with Gasteiger partial charge in [-0.25, -0.2) is 4.79 Å². The van der Waals surface area contributed by atoms with Crippen molar-refractivity contribution in [3.63, 3.8) is 0 Å². The molecule has 0 amide bonds. The van der Waals surface area contributed by atoms with Crippen molar-refractivity contribution in [3.05, 3.63) is 41.0 Å². The SMILES string of the molecule is COC(=O)c1ccc(/C=C2/CCCNCC2)cc1. The second-order valence-electron chi connectivity index (χ2n) is 4.52. The smallest absolute Gasteiger partial charge is 0.337 e. The lowest BCUT2D eigenvalue weighted by Gasteiger charge is -2.03. The van der Waals surface area contributed by atoms with Crippen molar-refractivity contribution in [2.45, 2.75) is 19.3 Å². The fourth-order valence-electron chi connectivity index (χ4n) is 2.15. The maximum atomic E-state index is 11.3. The molecule has 3 heteroatoms. The van der Waals surface area contributed by atoms with E-state index in [1.54, 1.807) is 0 Å². The standard InChI is InChI=1S/C15H19NO2/c1-18-15(17)14-6-4-13(5-7-14)11-12-3-2-9-16-10-8-12/h4-7,11,16H,2-3,8-10H2,1H3/b12-11-. The van der Waals surface area contributed by atoms with Gasteiger partial charge in [0.2, 0.25) is 0 Å². The van der Waals surface area contributed by atoms with Gasteiger partial charge in [-0.05, 0) is 50.0 Å². The third kappa shape index (κ3) is 3.44. The van der Waals surface area contributed by atoms with E-state index in [1.807, 2.05) is 24.3 Å². The van der Waals surface area contributed by atoms with Gasteiger partial charge in [0.1, 0.15) is 0 Å². The van der Waals surface area contributed by atoms with Crippen LogP contribution in [0, 0.1) is 0 Å². The van der Waals surface area contributed by atoms with E-state index in [1.165, 1.54) is 19.1 Å². The molecule has 3 nitrogen and oxygen atoms in total. The third-order valence-electron chi connectivity index (χ3n) is 3.18. The number of rotatable bonds is 2. The van der Waals surface area contributed by atoms with Crippen LogP contribution in [-0.2, 0) is 4.74 Å². The molecule has 0 atom stereocenters. The maximum absolute atomic E-state index is 11.3. The lowest BCUT2D eigenvalue weighted by atomic mass is 10.0. The Morgan fingerprint density at radius 1 is 1.22 bits per heavy atom. The maximum Gasteiger partial charge on any atom is 0.337 e. The van der Waals surface area contributed by atoms with Crippen molar-refractivity contribution in [1.82, 2.24) is 5.32 Å². The van der Waals surface area contributed by atoms with Gasteiger partial charge in [-0.3, -0.25) is 0 Å². The minimum atomic E-state index is -0.284. The van der Waals surface area contributed by atoms with E-state index in [-0.39, 0.29) is 5.97 Å². The monoisotopic (exact) mass is 245 g/mol. The molecule has 1 aliphatic heterocycles. The van der Waals surface area contributed by atoms with Crippen molar-refractivity contribution in [3.8, 4) is 0 Å². The summed E-state index contributed by atoms with van der Waals surface area (Å²) in [7, 11) is 1.40. The van der Waals surface area contributed by atoms with Crippen LogP contribution in [0.2, 0.25) is 0 Å². The zero-order valence-electron chi connectivity index (χ0n) is 10.7. The number of ether oxygens (including phenoxy) is 1. The summed E-state index contributed by atoms with van der Waals surface area (Å²) in [6.07, 6.45) is 5.70. The molecule has 96 valence electrons. The fourth-order valence-corrected chi connectivity index (χ4v) is 2.15. The molecule has 1 fully saturated rings. The van der Waals surface area contributed by atoms with E-state index >= 15 is 0 Å². The number of methoxy groups -OCH3 is 1. The summed E-state index contributed by atoms with van der Waals surface area (Å²) >= 11 is 0. The lowest BCUT2D eigenvalue weighted by Crippen LogP contribution is -2.13. The molecule has 0 bridgehead atoms. The molecule has 1 aliphatic rings. The van der Waals surface area contributed by atoms with E-state index in [4.69, 9.17) is 0 Å². The van der Waals surface area contributed by atoms with Gasteiger partial charge < -0.3 is 10.1 Å². The van der Waals surface area contributed by atoms with Gasteiger partial charge in [0.15, 0.2) is 0 Å². The number of carbonyl (C=O) groups excluding carboxylic acids is 1. The minimum absolute atomic E-state index is 0.284. The summed E-state index contributed by atoms with van der Waals surface area (Å²) in [6, 6.07) is 7.56. The Kier molecular flexibility index (Phi) is 4.53. The predicted octanol–water partition coefficient (Wildman–Crippen LogP) is 2.63. The van der Waals surface area contributed by atoms with Gasteiger partial charge in [0.25, 0.3) is 0 Å².